The number of nitrogens with zero attached hydrogens (tertiary/aromatic N) is 1. The lowest BCUT2D eigenvalue weighted by Crippen LogP contribution is -2.47. The predicted octanol–water partition coefficient (Wildman–Crippen LogP) is 1.28. The lowest BCUT2D eigenvalue weighted by Gasteiger charge is -2.31. The van der Waals surface area contributed by atoms with Crippen molar-refractivity contribution in [3.8, 4) is 0 Å². The lowest BCUT2D eigenvalue weighted by molar-refractivity contribution is -0.127. The van der Waals surface area contributed by atoms with E-state index in [0.29, 0.717) is 32.7 Å². The fourth-order valence-corrected chi connectivity index (χ4v) is 3.02. The zero-order valence-electron chi connectivity index (χ0n) is 14.7. The number of nitrogens with one attached hydrogen (secondary N) is 2. The number of piperidine rings is 1. The number of carbonyl (C=O) groups is 3. The fraction of sp³-hybridized carbons (Fsp3) is 0.824. The molecule has 1 saturated carbocycles. The zero-order chi connectivity index (χ0) is 17.5. The van der Waals surface area contributed by atoms with Crippen molar-refractivity contribution in [2.45, 2.75) is 52.0 Å². The molecular weight excluding hydrogens is 310 g/mol. The first-order valence-electron chi connectivity index (χ1n) is 9.06. The van der Waals surface area contributed by atoms with Crippen molar-refractivity contribution in [2.75, 3.05) is 26.2 Å². The van der Waals surface area contributed by atoms with Crippen LogP contribution in [0.2, 0.25) is 0 Å². The second-order valence-corrected chi connectivity index (χ2v) is 6.56. The number of hydrogen-bond acceptors (Lipinski definition) is 4. The summed E-state index contributed by atoms with van der Waals surface area (Å²) in [6.45, 7) is 6.11. The molecule has 0 bridgehead atoms. The molecule has 1 aliphatic heterocycles. The van der Waals surface area contributed by atoms with Gasteiger partial charge in [-0.15, -0.1) is 0 Å². The number of carbonyl (C=O) groups excluding carboxylic acids is 3. The smallest absolute Gasteiger partial charge is 0.409 e. The van der Waals surface area contributed by atoms with E-state index < -0.39 is 0 Å². The monoisotopic (exact) mass is 339 g/mol. The van der Waals surface area contributed by atoms with Gasteiger partial charge in [0.15, 0.2) is 0 Å². The van der Waals surface area contributed by atoms with Crippen LogP contribution in [0.1, 0.15) is 46.0 Å². The van der Waals surface area contributed by atoms with Crippen LogP contribution >= 0.6 is 0 Å². The Labute approximate surface area is 143 Å². The molecule has 7 nitrogen and oxygen atoms in total. The molecule has 0 radical (unpaired) electrons. The second-order valence-electron chi connectivity index (χ2n) is 6.56. The molecule has 136 valence electrons. The van der Waals surface area contributed by atoms with Crippen LogP contribution < -0.4 is 10.6 Å². The van der Waals surface area contributed by atoms with E-state index in [9.17, 15) is 14.4 Å². The summed E-state index contributed by atoms with van der Waals surface area (Å²) >= 11 is 0. The summed E-state index contributed by atoms with van der Waals surface area (Å²) in [6, 6.07) is 0.0765. The van der Waals surface area contributed by atoms with Crippen LogP contribution in [0.25, 0.3) is 0 Å². The van der Waals surface area contributed by atoms with Gasteiger partial charge in [0.2, 0.25) is 11.8 Å². The molecule has 2 N–H and O–H groups in total. The summed E-state index contributed by atoms with van der Waals surface area (Å²) in [5.74, 6) is -0.378. The Kier molecular flexibility index (Phi) is 6.87. The third-order valence-corrected chi connectivity index (χ3v) is 4.66. The van der Waals surface area contributed by atoms with E-state index in [-0.39, 0.29) is 35.8 Å². The average Bonchev–Trinajstić information content (AvgIpc) is 3.37. The highest BCUT2D eigenvalue weighted by Crippen LogP contribution is 2.39. The Bertz CT molecular complexity index is 461. The van der Waals surface area contributed by atoms with Crippen LogP contribution in [0.3, 0.4) is 0 Å². The highest BCUT2D eigenvalue weighted by atomic mass is 16.6. The van der Waals surface area contributed by atoms with Crippen molar-refractivity contribution >= 4 is 17.9 Å². The first kappa shape index (κ1) is 18.5. The quantitative estimate of drug-likeness (QED) is 0.684. The van der Waals surface area contributed by atoms with E-state index in [0.717, 1.165) is 25.7 Å². The maximum Gasteiger partial charge on any atom is 0.409 e. The second kappa shape index (κ2) is 8.89. The molecule has 2 aliphatic rings. The lowest BCUT2D eigenvalue weighted by atomic mass is 10.1. The van der Waals surface area contributed by atoms with Gasteiger partial charge in [0, 0.05) is 25.7 Å². The third kappa shape index (κ3) is 5.11. The maximum absolute atomic E-state index is 12.2. The molecule has 0 spiro atoms. The number of hydrogen-bond donors (Lipinski definition) is 2. The van der Waals surface area contributed by atoms with Crippen LogP contribution in [0.15, 0.2) is 0 Å². The molecule has 2 fully saturated rings. The molecule has 7 heteroatoms. The predicted molar refractivity (Wildman–Crippen MR) is 89.3 cm³/mol. The molecule has 24 heavy (non-hydrogen) atoms. The van der Waals surface area contributed by atoms with E-state index in [1.165, 1.54) is 0 Å². The van der Waals surface area contributed by atoms with Crippen molar-refractivity contribution in [3.63, 3.8) is 0 Å². The van der Waals surface area contributed by atoms with Crippen molar-refractivity contribution in [1.82, 2.24) is 15.5 Å². The summed E-state index contributed by atoms with van der Waals surface area (Å²) < 4.78 is 4.98. The van der Waals surface area contributed by atoms with Gasteiger partial charge in [-0.1, -0.05) is 13.3 Å². The minimum Gasteiger partial charge on any atom is -0.450 e. The molecule has 1 aliphatic carbocycles. The molecule has 2 rings (SSSR count). The van der Waals surface area contributed by atoms with Gasteiger partial charge in [0.1, 0.15) is 0 Å². The van der Waals surface area contributed by atoms with Gasteiger partial charge in [-0.2, -0.15) is 0 Å². The maximum atomic E-state index is 12.2. The van der Waals surface area contributed by atoms with E-state index in [4.69, 9.17) is 4.74 Å². The molecule has 1 heterocycles. The Balaban J connectivity index is 1.66. The molecule has 0 aromatic rings. The van der Waals surface area contributed by atoms with E-state index >= 15 is 0 Å². The van der Waals surface area contributed by atoms with Gasteiger partial charge in [0.25, 0.3) is 0 Å². The highest BCUT2D eigenvalue weighted by Gasteiger charge is 2.48. The molecule has 1 saturated heterocycles. The minimum atomic E-state index is -0.284. The molecule has 2 atom stereocenters. The Morgan fingerprint density at radius 1 is 1.08 bits per heavy atom. The van der Waals surface area contributed by atoms with E-state index in [1.54, 1.807) is 11.8 Å². The Morgan fingerprint density at radius 3 is 2.38 bits per heavy atom. The molecule has 0 aromatic heterocycles. The summed E-state index contributed by atoms with van der Waals surface area (Å²) in [6.07, 6.45) is 3.82. The van der Waals surface area contributed by atoms with Crippen LogP contribution in [-0.4, -0.2) is 55.1 Å². The van der Waals surface area contributed by atoms with Gasteiger partial charge in [0.05, 0.1) is 18.4 Å². The molecule has 3 amide bonds. The summed E-state index contributed by atoms with van der Waals surface area (Å²) in [5, 5.41) is 5.91. The number of likely N-dealkylation sites (tertiary alicyclic amines) is 1. The largest absolute Gasteiger partial charge is 0.450 e. The van der Waals surface area contributed by atoms with Crippen molar-refractivity contribution in [3.05, 3.63) is 0 Å². The first-order chi connectivity index (χ1) is 11.6. The van der Waals surface area contributed by atoms with Gasteiger partial charge < -0.3 is 20.3 Å². The Morgan fingerprint density at radius 2 is 1.75 bits per heavy atom. The van der Waals surface area contributed by atoms with Crippen molar-refractivity contribution in [1.29, 1.82) is 0 Å². The van der Waals surface area contributed by atoms with Crippen LogP contribution in [-0.2, 0) is 14.3 Å². The molecule has 0 aromatic carbocycles. The highest BCUT2D eigenvalue weighted by molar-refractivity contribution is 5.92. The summed E-state index contributed by atoms with van der Waals surface area (Å²) in [7, 11) is 0. The van der Waals surface area contributed by atoms with E-state index in [2.05, 4.69) is 17.6 Å². The average molecular weight is 339 g/mol. The number of unbranched alkanes of at least 4 members (excludes halogenated alkanes) is 1. The first-order valence-corrected chi connectivity index (χ1v) is 9.06. The fourth-order valence-electron chi connectivity index (χ4n) is 3.02. The SMILES string of the molecule is CCCCNC(=O)C1CC1C(=O)NC1CCN(C(=O)OCC)CC1. The summed E-state index contributed by atoms with van der Waals surface area (Å²) in [4.78, 5) is 37.5. The number of amides is 3. The minimum absolute atomic E-state index is 0.000676. The van der Waals surface area contributed by atoms with Crippen molar-refractivity contribution < 1.29 is 19.1 Å². The third-order valence-electron chi connectivity index (χ3n) is 4.66. The Hall–Kier alpha value is -1.79. The number of ether oxygens (including phenoxy) is 1. The van der Waals surface area contributed by atoms with Gasteiger partial charge in [-0.25, -0.2) is 4.79 Å². The van der Waals surface area contributed by atoms with Crippen LogP contribution in [0, 0.1) is 11.8 Å². The summed E-state index contributed by atoms with van der Waals surface area (Å²) in [5.41, 5.74) is 0. The van der Waals surface area contributed by atoms with Gasteiger partial charge >= 0.3 is 6.09 Å². The van der Waals surface area contributed by atoms with Crippen LogP contribution in [0.5, 0.6) is 0 Å². The standard InChI is InChI=1S/C17H29N3O4/c1-3-5-8-18-15(21)13-11-14(13)16(22)19-12-6-9-20(10-7-12)17(23)24-4-2/h12-14H,3-11H2,1-2H3,(H,18,21)(H,19,22). The zero-order valence-corrected chi connectivity index (χ0v) is 14.7. The van der Waals surface area contributed by atoms with Crippen molar-refractivity contribution in [2.24, 2.45) is 11.8 Å². The van der Waals surface area contributed by atoms with E-state index in [1.807, 2.05) is 0 Å². The number of rotatable bonds is 7. The van der Waals surface area contributed by atoms with Crippen LogP contribution in [0.4, 0.5) is 4.79 Å². The van der Waals surface area contributed by atoms with Gasteiger partial charge in [-0.05, 0) is 32.6 Å². The van der Waals surface area contributed by atoms with Gasteiger partial charge in [-0.3, -0.25) is 9.59 Å². The topological polar surface area (TPSA) is 87.7 Å². The molecule has 2 unspecified atom stereocenters. The normalized spacial score (nSPS) is 23.5. The molecular formula is C17H29N3O4.